The van der Waals surface area contributed by atoms with Crippen molar-refractivity contribution >= 4 is 24.4 Å². The van der Waals surface area contributed by atoms with E-state index in [0.717, 1.165) is 25.7 Å². The molecule has 1 amide bonds. The van der Waals surface area contributed by atoms with Crippen LogP contribution >= 0.6 is 6.72 Å². The average Bonchev–Trinajstić information content (AvgIpc) is 2.21. The lowest BCUT2D eigenvalue weighted by atomic mass is 10.2. The third-order valence-electron chi connectivity index (χ3n) is 1.93. The van der Waals surface area contributed by atoms with Gasteiger partial charge in [-0.2, -0.15) is 0 Å². The lowest BCUT2D eigenvalue weighted by Gasteiger charge is -2.12. The second-order valence-electron chi connectivity index (χ2n) is 3.38. The summed E-state index contributed by atoms with van der Waals surface area (Å²) >= 11 is 4.67. The number of unbranched alkanes of at least 4 members (excludes halogenated alkanes) is 3. The molecule has 0 fully saturated rings. The van der Waals surface area contributed by atoms with Gasteiger partial charge in [-0.1, -0.05) is 12.8 Å². The zero-order valence-electron chi connectivity index (χ0n) is 9.77. The van der Waals surface area contributed by atoms with Crippen molar-refractivity contribution in [2.45, 2.75) is 32.6 Å². The summed E-state index contributed by atoms with van der Waals surface area (Å²) in [6, 6.07) is 0. The van der Waals surface area contributed by atoms with Crippen LogP contribution in [0.15, 0.2) is 0 Å². The molecule has 5 nitrogen and oxygen atoms in total. The van der Waals surface area contributed by atoms with Crippen molar-refractivity contribution in [3.05, 3.63) is 0 Å². The maximum atomic E-state index is 10.5. The monoisotopic (exact) mass is 269 g/mol. The minimum atomic E-state index is -2.97. The molecule has 0 aliphatic carbocycles. The van der Waals surface area contributed by atoms with Crippen LogP contribution < -0.4 is 5.32 Å². The molecule has 0 radical (unpaired) electrons. The number of carbonyl (C=O) groups excluding carboxylic acids is 1. The van der Waals surface area contributed by atoms with Gasteiger partial charge in [-0.25, -0.2) is 0 Å². The smallest absolute Gasteiger partial charge is 0.324 e. The normalized spacial score (nSPS) is 14.4. The van der Waals surface area contributed by atoms with E-state index in [2.05, 4.69) is 21.6 Å². The van der Waals surface area contributed by atoms with E-state index in [0.29, 0.717) is 13.2 Å². The summed E-state index contributed by atoms with van der Waals surface area (Å²) in [4.78, 5) is 19.8. The number of rotatable bonds is 9. The van der Waals surface area contributed by atoms with Crippen LogP contribution in [0.2, 0.25) is 0 Å². The van der Waals surface area contributed by atoms with Crippen molar-refractivity contribution in [3.63, 3.8) is 0 Å². The molecule has 0 aliphatic heterocycles. The van der Waals surface area contributed by atoms with Gasteiger partial charge in [0.05, 0.1) is 6.61 Å². The topological polar surface area (TPSA) is 67.8 Å². The zero-order chi connectivity index (χ0) is 12.4. The van der Waals surface area contributed by atoms with Gasteiger partial charge in [0.25, 0.3) is 0 Å². The second-order valence-corrected chi connectivity index (χ2v) is 6.33. The fraction of sp³-hybridized carbons (Fsp3) is 0.889. The van der Waals surface area contributed by atoms with E-state index < -0.39 is 6.72 Å². The van der Waals surface area contributed by atoms with E-state index >= 15 is 0 Å². The summed E-state index contributed by atoms with van der Waals surface area (Å²) in [6.45, 7) is -0.332. The summed E-state index contributed by atoms with van der Waals surface area (Å²) in [6.07, 6.45) is 3.79. The van der Waals surface area contributed by atoms with Gasteiger partial charge < -0.3 is 19.3 Å². The van der Waals surface area contributed by atoms with Gasteiger partial charge in [-0.15, -0.1) is 0 Å². The van der Waals surface area contributed by atoms with E-state index in [1.165, 1.54) is 14.0 Å². The lowest BCUT2D eigenvalue weighted by Crippen LogP contribution is -2.20. The second kappa shape index (κ2) is 9.07. The average molecular weight is 269 g/mol. The van der Waals surface area contributed by atoms with Crippen LogP contribution in [0.5, 0.6) is 0 Å². The maximum absolute atomic E-state index is 10.5. The summed E-state index contributed by atoms with van der Waals surface area (Å²) in [5.74, 6) is 0.00407. The van der Waals surface area contributed by atoms with Crippen LogP contribution in [0.4, 0.5) is 0 Å². The number of hydrogen-bond acceptors (Lipinski definition) is 4. The van der Waals surface area contributed by atoms with Gasteiger partial charge in [0.15, 0.2) is 0 Å². The largest absolute Gasteiger partial charge is 0.356 e. The molecule has 16 heavy (non-hydrogen) atoms. The molecule has 0 saturated heterocycles. The molecule has 0 rings (SSSR count). The van der Waals surface area contributed by atoms with Crippen molar-refractivity contribution in [1.29, 1.82) is 0 Å². The van der Waals surface area contributed by atoms with E-state index in [1.54, 1.807) is 0 Å². The fourth-order valence-electron chi connectivity index (χ4n) is 1.08. The van der Waals surface area contributed by atoms with Gasteiger partial charge in [0.2, 0.25) is 5.91 Å². The molecule has 0 spiro atoms. The minimum absolute atomic E-state index is 0.00407. The van der Waals surface area contributed by atoms with Gasteiger partial charge in [-0.3, -0.25) is 4.79 Å². The first kappa shape index (κ1) is 16.0. The molecule has 0 aromatic heterocycles. The molecule has 1 unspecified atom stereocenters. The predicted octanol–water partition coefficient (Wildman–Crippen LogP) is 1.56. The van der Waals surface area contributed by atoms with Crippen molar-refractivity contribution in [1.82, 2.24) is 5.32 Å². The van der Waals surface area contributed by atoms with Crippen LogP contribution in [0.1, 0.15) is 32.6 Å². The lowest BCUT2D eigenvalue weighted by molar-refractivity contribution is -0.118. The Kier molecular flexibility index (Phi) is 9.07. The van der Waals surface area contributed by atoms with E-state index in [1.807, 2.05) is 0 Å². The van der Waals surface area contributed by atoms with Gasteiger partial charge >= 0.3 is 6.72 Å². The number of nitrogens with one attached hydrogen (secondary N) is 1. The highest BCUT2D eigenvalue weighted by molar-refractivity contribution is 8.07. The minimum Gasteiger partial charge on any atom is -0.356 e. The molecular weight excluding hydrogens is 249 g/mol. The molecule has 0 heterocycles. The summed E-state index contributed by atoms with van der Waals surface area (Å²) in [5, 5.41) is 2.73. The Bertz CT molecular complexity index is 250. The maximum Gasteiger partial charge on any atom is 0.324 e. The van der Waals surface area contributed by atoms with Crippen molar-refractivity contribution in [2.24, 2.45) is 0 Å². The van der Waals surface area contributed by atoms with Crippen LogP contribution in [0.25, 0.3) is 0 Å². The van der Waals surface area contributed by atoms with Gasteiger partial charge in [-0.05, 0) is 24.6 Å². The first-order valence-corrected chi connectivity index (χ1v) is 7.84. The highest BCUT2D eigenvalue weighted by Gasteiger charge is 2.10. The summed E-state index contributed by atoms with van der Waals surface area (Å²) in [5.41, 5.74) is 0. The third-order valence-corrected chi connectivity index (χ3v) is 3.66. The van der Waals surface area contributed by atoms with E-state index in [9.17, 15) is 9.69 Å². The molecule has 0 bridgehead atoms. The molecule has 0 aromatic carbocycles. The Hall–Kier alpha value is 0. The number of hydrogen-bond donors (Lipinski definition) is 2. The Morgan fingerprint density at radius 1 is 1.38 bits per heavy atom. The van der Waals surface area contributed by atoms with Gasteiger partial charge in [0.1, 0.15) is 0 Å². The van der Waals surface area contributed by atoms with Crippen molar-refractivity contribution < 1.29 is 18.7 Å². The molecule has 0 aliphatic rings. The Labute approximate surface area is 102 Å². The molecular formula is C9H20NO4PS. The number of carbonyl (C=O) groups is 1. The molecule has 96 valence electrons. The first-order valence-electron chi connectivity index (χ1n) is 5.25. The Morgan fingerprint density at radius 3 is 2.56 bits per heavy atom. The van der Waals surface area contributed by atoms with Crippen molar-refractivity contribution in [2.75, 3.05) is 20.3 Å². The quantitative estimate of drug-likeness (QED) is 0.491. The molecule has 1 atom stereocenters. The fourth-order valence-corrected chi connectivity index (χ4v) is 1.77. The Balaban J connectivity index is 3.22. The summed E-state index contributed by atoms with van der Waals surface area (Å²) < 4.78 is 9.63. The van der Waals surface area contributed by atoms with Crippen molar-refractivity contribution in [3.8, 4) is 0 Å². The first-order chi connectivity index (χ1) is 7.48. The molecule has 2 N–H and O–H groups in total. The third kappa shape index (κ3) is 10.5. The summed E-state index contributed by atoms with van der Waals surface area (Å²) in [7, 11) is 1.34. The predicted molar refractivity (Wildman–Crippen MR) is 66.6 cm³/mol. The molecule has 0 aromatic rings. The highest BCUT2D eigenvalue weighted by Crippen LogP contribution is 2.42. The standard InChI is InChI=1S/C9H20NO4PS/c1-9(11)10-7-5-3-4-6-8-14-15(12,16)13-2/h3-8H2,1-2H3,(H,10,11)(H,12,16). The SMILES string of the molecule is COP(O)(=S)OCCCCCCNC(C)=O. The highest BCUT2D eigenvalue weighted by atomic mass is 32.5. The zero-order valence-corrected chi connectivity index (χ0v) is 11.5. The van der Waals surface area contributed by atoms with E-state index in [-0.39, 0.29) is 5.91 Å². The van der Waals surface area contributed by atoms with Crippen LogP contribution in [0, 0.1) is 0 Å². The van der Waals surface area contributed by atoms with Crippen LogP contribution in [-0.4, -0.2) is 31.1 Å². The van der Waals surface area contributed by atoms with Crippen LogP contribution in [0.3, 0.4) is 0 Å². The molecule has 7 heteroatoms. The Morgan fingerprint density at radius 2 is 2.00 bits per heavy atom. The van der Waals surface area contributed by atoms with Gasteiger partial charge in [0, 0.05) is 20.6 Å². The molecule has 0 saturated carbocycles. The number of amides is 1. The van der Waals surface area contributed by atoms with E-state index in [4.69, 9.17) is 4.52 Å². The van der Waals surface area contributed by atoms with Crippen LogP contribution in [-0.2, 0) is 25.6 Å².